The summed E-state index contributed by atoms with van der Waals surface area (Å²) >= 11 is 0. The molecule has 0 aliphatic heterocycles. The van der Waals surface area contributed by atoms with E-state index in [9.17, 15) is 4.79 Å². The molecule has 0 heterocycles. The maximum atomic E-state index is 10.6. The Kier molecular flexibility index (Phi) is 8.74. The Bertz CT molecular complexity index is 652. The molecule has 0 aliphatic carbocycles. The van der Waals surface area contributed by atoms with E-state index in [1.54, 1.807) is 0 Å². The molecular formula is C23H30O3. The van der Waals surface area contributed by atoms with Crippen LogP contribution in [0.4, 0.5) is 4.79 Å². The first-order valence-corrected chi connectivity index (χ1v) is 9.70. The molecule has 1 atom stereocenters. The summed E-state index contributed by atoms with van der Waals surface area (Å²) < 4.78 is 4.70. The number of rotatable bonds is 11. The van der Waals surface area contributed by atoms with Crippen LogP contribution < -0.4 is 0 Å². The highest BCUT2D eigenvalue weighted by molar-refractivity contribution is 5.56. The fourth-order valence-electron chi connectivity index (χ4n) is 3.48. The lowest BCUT2D eigenvalue weighted by Crippen LogP contribution is -2.08. The summed E-state index contributed by atoms with van der Waals surface area (Å²) in [5.41, 5.74) is 4.06. The van der Waals surface area contributed by atoms with E-state index in [0.717, 1.165) is 19.3 Å². The third-order valence-electron chi connectivity index (χ3n) is 4.79. The van der Waals surface area contributed by atoms with Crippen molar-refractivity contribution in [3.8, 4) is 0 Å². The largest absolute Gasteiger partial charge is 0.505 e. The first-order chi connectivity index (χ1) is 12.7. The average Bonchev–Trinajstić information content (AvgIpc) is 2.66. The van der Waals surface area contributed by atoms with Gasteiger partial charge >= 0.3 is 6.16 Å². The topological polar surface area (TPSA) is 46.5 Å². The van der Waals surface area contributed by atoms with Crippen LogP contribution >= 0.6 is 0 Å². The van der Waals surface area contributed by atoms with Crippen molar-refractivity contribution in [1.29, 1.82) is 0 Å². The summed E-state index contributed by atoms with van der Waals surface area (Å²) in [4.78, 5) is 10.6. The third-order valence-corrected chi connectivity index (χ3v) is 4.79. The van der Waals surface area contributed by atoms with Gasteiger partial charge in [0.05, 0.1) is 6.61 Å². The van der Waals surface area contributed by atoms with E-state index in [4.69, 9.17) is 9.84 Å². The van der Waals surface area contributed by atoms with Crippen LogP contribution in [0.25, 0.3) is 0 Å². The standard InChI is InChI=1S/C23H30O3/c1-2-3-4-6-12-20-15-9-10-16-21(20)22(17-11-18-26-23(24)25)19-13-7-5-8-14-19/h5,7-10,13-16,22H,2-4,6,11-12,17-18H2,1H3,(H,24,25). The zero-order valence-electron chi connectivity index (χ0n) is 15.7. The molecule has 3 nitrogen and oxygen atoms in total. The molecule has 0 saturated carbocycles. The van der Waals surface area contributed by atoms with Crippen LogP contribution in [-0.2, 0) is 11.2 Å². The van der Waals surface area contributed by atoms with Crippen LogP contribution in [-0.4, -0.2) is 17.9 Å². The molecule has 0 fully saturated rings. The van der Waals surface area contributed by atoms with E-state index in [2.05, 4.69) is 55.5 Å². The van der Waals surface area contributed by atoms with Crippen LogP contribution in [0.3, 0.4) is 0 Å². The van der Waals surface area contributed by atoms with Crippen LogP contribution in [0, 0.1) is 0 Å². The second-order valence-electron chi connectivity index (χ2n) is 6.73. The van der Waals surface area contributed by atoms with Gasteiger partial charge in [-0.25, -0.2) is 4.79 Å². The minimum atomic E-state index is -1.20. The molecule has 0 saturated heterocycles. The molecule has 1 N–H and O–H groups in total. The Balaban J connectivity index is 2.15. The smallest absolute Gasteiger partial charge is 0.450 e. The van der Waals surface area contributed by atoms with Crippen molar-refractivity contribution < 1.29 is 14.6 Å². The second kappa shape index (κ2) is 11.3. The van der Waals surface area contributed by atoms with Gasteiger partial charge in [0, 0.05) is 5.92 Å². The predicted octanol–water partition coefficient (Wildman–Crippen LogP) is 6.42. The summed E-state index contributed by atoms with van der Waals surface area (Å²) in [6.07, 6.45) is 6.53. The Morgan fingerprint density at radius 1 is 0.962 bits per heavy atom. The SMILES string of the molecule is CCCCCCc1ccccc1C(CCCOC(=O)O)c1ccccc1. The average molecular weight is 354 g/mol. The van der Waals surface area contributed by atoms with Gasteiger partial charge < -0.3 is 9.84 Å². The Morgan fingerprint density at radius 3 is 2.42 bits per heavy atom. The van der Waals surface area contributed by atoms with Crippen LogP contribution in [0.5, 0.6) is 0 Å². The Morgan fingerprint density at radius 2 is 1.69 bits per heavy atom. The number of aryl methyl sites for hydroxylation is 1. The van der Waals surface area contributed by atoms with Crippen LogP contribution in [0.2, 0.25) is 0 Å². The van der Waals surface area contributed by atoms with Gasteiger partial charge in [-0.15, -0.1) is 0 Å². The van der Waals surface area contributed by atoms with Gasteiger partial charge in [-0.3, -0.25) is 0 Å². The number of ether oxygens (including phenoxy) is 1. The molecule has 0 spiro atoms. The normalized spacial score (nSPS) is 11.9. The highest BCUT2D eigenvalue weighted by Gasteiger charge is 2.17. The molecule has 0 amide bonds. The number of carboxylic acid groups (broad SMARTS) is 1. The molecule has 1 unspecified atom stereocenters. The van der Waals surface area contributed by atoms with E-state index in [1.165, 1.54) is 42.4 Å². The van der Waals surface area contributed by atoms with Crippen molar-refractivity contribution in [2.45, 2.75) is 57.8 Å². The molecule has 0 radical (unpaired) electrons. The maximum absolute atomic E-state index is 10.6. The second-order valence-corrected chi connectivity index (χ2v) is 6.73. The van der Waals surface area contributed by atoms with Gasteiger partial charge in [0.2, 0.25) is 0 Å². The van der Waals surface area contributed by atoms with Gasteiger partial charge in [-0.1, -0.05) is 80.8 Å². The molecule has 0 bridgehead atoms. The zero-order chi connectivity index (χ0) is 18.6. The lowest BCUT2D eigenvalue weighted by atomic mass is 9.84. The van der Waals surface area contributed by atoms with Gasteiger partial charge in [0.1, 0.15) is 0 Å². The lowest BCUT2D eigenvalue weighted by Gasteiger charge is -2.21. The molecule has 3 heteroatoms. The first kappa shape index (κ1) is 20.0. The summed E-state index contributed by atoms with van der Waals surface area (Å²) in [5, 5.41) is 8.68. The fourth-order valence-corrected chi connectivity index (χ4v) is 3.48. The molecular weight excluding hydrogens is 324 g/mol. The number of hydrogen-bond acceptors (Lipinski definition) is 2. The highest BCUT2D eigenvalue weighted by Crippen LogP contribution is 2.32. The molecule has 2 aromatic rings. The third kappa shape index (κ3) is 6.55. The van der Waals surface area contributed by atoms with Gasteiger partial charge in [0.25, 0.3) is 0 Å². The minimum absolute atomic E-state index is 0.247. The van der Waals surface area contributed by atoms with E-state index in [1.807, 2.05) is 6.07 Å². The van der Waals surface area contributed by atoms with E-state index in [-0.39, 0.29) is 12.5 Å². The summed E-state index contributed by atoms with van der Waals surface area (Å²) in [6, 6.07) is 19.2. The number of benzene rings is 2. The van der Waals surface area contributed by atoms with Crippen LogP contribution in [0.15, 0.2) is 54.6 Å². The molecule has 140 valence electrons. The molecule has 2 aromatic carbocycles. The number of hydrogen-bond donors (Lipinski definition) is 1. The van der Waals surface area contributed by atoms with Crippen molar-refractivity contribution in [3.63, 3.8) is 0 Å². The van der Waals surface area contributed by atoms with E-state index >= 15 is 0 Å². The van der Waals surface area contributed by atoms with Gasteiger partial charge in [-0.2, -0.15) is 0 Å². The summed E-state index contributed by atoms with van der Waals surface area (Å²) in [5.74, 6) is 0.274. The van der Waals surface area contributed by atoms with Crippen molar-refractivity contribution in [1.82, 2.24) is 0 Å². The van der Waals surface area contributed by atoms with Crippen molar-refractivity contribution in [3.05, 3.63) is 71.3 Å². The maximum Gasteiger partial charge on any atom is 0.505 e. The minimum Gasteiger partial charge on any atom is -0.450 e. The molecule has 2 rings (SSSR count). The summed E-state index contributed by atoms with van der Waals surface area (Å²) in [6.45, 7) is 2.48. The van der Waals surface area contributed by atoms with Gasteiger partial charge in [0.15, 0.2) is 0 Å². The quantitative estimate of drug-likeness (QED) is 0.374. The number of unbranched alkanes of at least 4 members (excludes halogenated alkanes) is 3. The van der Waals surface area contributed by atoms with Crippen LogP contribution in [0.1, 0.15) is 68.1 Å². The highest BCUT2D eigenvalue weighted by atomic mass is 16.7. The Labute approximate surface area is 157 Å². The number of carbonyl (C=O) groups is 1. The van der Waals surface area contributed by atoms with Crippen molar-refractivity contribution in [2.75, 3.05) is 6.61 Å². The zero-order valence-corrected chi connectivity index (χ0v) is 15.7. The molecule has 26 heavy (non-hydrogen) atoms. The first-order valence-electron chi connectivity index (χ1n) is 9.70. The molecule has 0 aromatic heterocycles. The van der Waals surface area contributed by atoms with Gasteiger partial charge in [-0.05, 0) is 42.4 Å². The van der Waals surface area contributed by atoms with Crippen molar-refractivity contribution in [2.24, 2.45) is 0 Å². The van der Waals surface area contributed by atoms with E-state index in [0.29, 0.717) is 0 Å². The lowest BCUT2D eigenvalue weighted by molar-refractivity contribution is 0.0898. The molecule has 0 aliphatic rings. The van der Waals surface area contributed by atoms with E-state index < -0.39 is 6.16 Å². The Hall–Kier alpha value is -2.29. The van der Waals surface area contributed by atoms with Crippen molar-refractivity contribution >= 4 is 6.16 Å². The monoisotopic (exact) mass is 354 g/mol. The summed E-state index contributed by atoms with van der Waals surface area (Å²) in [7, 11) is 0. The fraction of sp³-hybridized carbons (Fsp3) is 0.435. The predicted molar refractivity (Wildman–Crippen MR) is 106 cm³/mol.